The Kier molecular flexibility index (Phi) is 2.98. The lowest BCUT2D eigenvalue weighted by Crippen LogP contribution is -1.91. The standard InChI is InChI=1S/C12H6ClF3O/c13-6-1-2-12(17)8(3-6)7-4-10(15)11(16)5-9(7)14/h1-5,17H. The van der Waals surface area contributed by atoms with Crippen LogP contribution in [-0.4, -0.2) is 5.11 Å². The zero-order valence-corrected chi connectivity index (χ0v) is 9.10. The van der Waals surface area contributed by atoms with Gasteiger partial charge in [-0.2, -0.15) is 0 Å². The van der Waals surface area contributed by atoms with E-state index in [4.69, 9.17) is 11.6 Å². The first-order valence-electron chi connectivity index (χ1n) is 4.62. The van der Waals surface area contributed by atoms with Crippen LogP contribution in [0.5, 0.6) is 5.75 Å². The molecule has 1 nitrogen and oxygen atoms in total. The summed E-state index contributed by atoms with van der Waals surface area (Å²) in [6.45, 7) is 0. The third-order valence-corrected chi connectivity index (χ3v) is 2.49. The normalized spacial score (nSPS) is 10.6. The molecule has 2 rings (SSSR count). The molecule has 0 amide bonds. The van der Waals surface area contributed by atoms with Crippen molar-refractivity contribution in [3.05, 3.63) is 52.8 Å². The van der Waals surface area contributed by atoms with Gasteiger partial charge in [-0.25, -0.2) is 13.2 Å². The SMILES string of the molecule is Oc1ccc(Cl)cc1-c1cc(F)c(F)cc1F. The van der Waals surface area contributed by atoms with Crippen LogP contribution in [0, 0.1) is 17.5 Å². The predicted molar refractivity (Wildman–Crippen MR) is 58.4 cm³/mol. The monoisotopic (exact) mass is 258 g/mol. The lowest BCUT2D eigenvalue weighted by molar-refractivity contribution is 0.475. The average molecular weight is 259 g/mol. The Morgan fingerprint density at radius 3 is 2.18 bits per heavy atom. The molecule has 0 fully saturated rings. The van der Waals surface area contributed by atoms with Crippen molar-refractivity contribution in [1.29, 1.82) is 0 Å². The van der Waals surface area contributed by atoms with Crippen molar-refractivity contribution < 1.29 is 18.3 Å². The quantitative estimate of drug-likeness (QED) is 0.763. The average Bonchev–Trinajstić information content (AvgIpc) is 2.27. The maximum absolute atomic E-state index is 13.5. The van der Waals surface area contributed by atoms with E-state index in [1.165, 1.54) is 18.2 Å². The molecule has 0 spiro atoms. The van der Waals surface area contributed by atoms with E-state index in [9.17, 15) is 18.3 Å². The second-order valence-electron chi connectivity index (χ2n) is 3.41. The molecule has 0 aliphatic carbocycles. The third-order valence-electron chi connectivity index (χ3n) is 2.26. The van der Waals surface area contributed by atoms with E-state index in [1.807, 2.05) is 0 Å². The number of phenols is 1. The maximum atomic E-state index is 13.5. The van der Waals surface area contributed by atoms with E-state index < -0.39 is 17.5 Å². The van der Waals surface area contributed by atoms with Crippen molar-refractivity contribution in [2.75, 3.05) is 0 Å². The second kappa shape index (κ2) is 4.30. The second-order valence-corrected chi connectivity index (χ2v) is 3.84. The van der Waals surface area contributed by atoms with Crippen LogP contribution < -0.4 is 0 Å². The van der Waals surface area contributed by atoms with Crippen molar-refractivity contribution in [2.24, 2.45) is 0 Å². The highest BCUT2D eigenvalue weighted by Crippen LogP contribution is 2.34. The summed E-state index contributed by atoms with van der Waals surface area (Å²) in [5.74, 6) is -3.71. The number of benzene rings is 2. The van der Waals surface area contributed by atoms with Gasteiger partial charge in [-0.15, -0.1) is 0 Å². The molecule has 0 unspecified atom stereocenters. The van der Waals surface area contributed by atoms with Gasteiger partial charge in [0.05, 0.1) is 0 Å². The smallest absolute Gasteiger partial charge is 0.161 e. The lowest BCUT2D eigenvalue weighted by atomic mass is 10.0. The van der Waals surface area contributed by atoms with Gasteiger partial charge in [0.15, 0.2) is 11.6 Å². The van der Waals surface area contributed by atoms with Gasteiger partial charge >= 0.3 is 0 Å². The molecule has 0 aromatic heterocycles. The Bertz CT molecular complexity index is 584. The van der Waals surface area contributed by atoms with Crippen molar-refractivity contribution in [3.8, 4) is 16.9 Å². The van der Waals surface area contributed by atoms with E-state index >= 15 is 0 Å². The summed E-state index contributed by atoms with van der Waals surface area (Å²) >= 11 is 5.69. The number of halogens is 4. The molecule has 2 aromatic carbocycles. The number of hydrogen-bond acceptors (Lipinski definition) is 1. The van der Waals surface area contributed by atoms with Crippen LogP contribution in [0.4, 0.5) is 13.2 Å². The fourth-order valence-electron chi connectivity index (χ4n) is 1.45. The molecule has 0 aliphatic heterocycles. The summed E-state index contributed by atoms with van der Waals surface area (Å²) in [6, 6.07) is 5.02. The minimum absolute atomic E-state index is 0.00824. The van der Waals surface area contributed by atoms with Crippen molar-refractivity contribution >= 4 is 11.6 Å². The van der Waals surface area contributed by atoms with Gasteiger partial charge in [0.2, 0.25) is 0 Å². The number of rotatable bonds is 1. The first kappa shape index (κ1) is 11.8. The molecule has 5 heteroatoms. The molecule has 2 aromatic rings. The Morgan fingerprint density at radius 2 is 1.47 bits per heavy atom. The number of phenolic OH excluding ortho intramolecular Hbond substituents is 1. The van der Waals surface area contributed by atoms with Gasteiger partial charge in [0.25, 0.3) is 0 Å². The molecule has 0 aliphatic rings. The molecule has 0 heterocycles. The van der Waals surface area contributed by atoms with Gasteiger partial charge in [-0.05, 0) is 24.3 Å². The maximum Gasteiger partial charge on any atom is 0.161 e. The van der Waals surface area contributed by atoms with Crippen LogP contribution in [0.1, 0.15) is 0 Å². The van der Waals surface area contributed by atoms with Gasteiger partial charge in [-0.1, -0.05) is 11.6 Å². The molecular weight excluding hydrogens is 253 g/mol. The number of hydrogen-bond donors (Lipinski definition) is 1. The fraction of sp³-hybridized carbons (Fsp3) is 0. The largest absolute Gasteiger partial charge is 0.507 e. The Hall–Kier alpha value is -1.68. The minimum Gasteiger partial charge on any atom is -0.507 e. The summed E-state index contributed by atoms with van der Waals surface area (Å²) in [4.78, 5) is 0. The molecular formula is C12H6ClF3O. The zero-order chi connectivity index (χ0) is 12.6. The van der Waals surface area contributed by atoms with Crippen LogP contribution in [0.3, 0.4) is 0 Å². The van der Waals surface area contributed by atoms with E-state index in [0.717, 1.165) is 0 Å². The zero-order valence-electron chi connectivity index (χ0n) is 8.35. The van der Waals surface area contributed by atoms with Crippen LogP contribution in [-0.2, 0) is 0 Å². The highest BCUT2D eigenvalue weighted by molar-refractivity contribution is 6.31. The Balaban J connectivity index is 2.68. The molecule has 0 saturated carbocycles. The number of aromatic hydroxyl groups is 1. The highest BCUT2D eigenvalue weighted by Gasteiger charge is 2.14. The molecule has 1 N–H and O–H groups in total. The predicted octanol–water partition coefficient (Wildman–Crippen LogP) is 4.13. The van der Waals surface area contributed by atoms with E-state index in [0.29, 0.717) is 12.1 Å². The van der Waals surface area contributed by atoms with Crippen molar-refractivity contribution in [3.63, 3.8) is 0 Å². The summed E-state index contributed by atoms with van der Waals surface area (Å²) in [6.07, 6.45) is 0. The molecule has 88 valence electrons. The van der Waals surface area contributed by atoms with Gasteiger partial charge in [0, 0.05) is 22.2 Å². The van der Waals surface area contributed by atoms with Crippen LogP contribution in [0.25, 0.3) is 11.1 Å². The lowest BCUT2D eigenvalue weighted by Gasteiger charge is -2.07. The molecule has 0 atom stereocenters. The summed E-state index contributed by atoms with van der Waals surface area (Å²) in [7, 11) is 0. The molecule has 17 heavy (non-hydrogen) atoms. The molecule has 0 saturated heterocycles. The topological polar surface area (TPSA) is 20.2 Å². The van der Waals surface area contributed by atoms with E-state index in [2.05, 4.69) is 0 Å². The summed E-state index contributed by atoms with van der Waals surface area (Å²) < 4.78 is 39.2. The van der Waals surface area contributed by atoms with Gasteiger partial charge < -0.3 is 5.11 Å². The van der Waals surface area contributed by atoms with Crippen molar-refractivity contribution in [1.82, 2.24) is 0 Å². The van der Waals surface area contributed by atoms with E-state index in [-0.39, 0.29) is 21.9 Å². The fourth-order valence-corrected chi connectivity index (χ4v) is 1.63. The summed E-state index contributed by atoms with van der Waals surface area (Å²) in [5, 5.41) is 9.78. The molecule has 0 bridgehead atoms. The molecule has 0 radical (unpaired) electrons. The minimum atomic E-state index is -1.28. The third kappa shape index (κ3) is 2.22. The van der Waals surface area contributed by atoms with Crippen LogP contribution in [0.15, 0.2) is 30.3 Å². The Morgan fingerprint density at radius 1 is 0.824 bits per heavy atom. The van der Waals surface area contributed by atoms with Crippen LogP contribution in [0.2, 0.25) is 5.02 Å². The first-order valence-corrected chi connectivity index (χ1v) is 5.00. The highest BCUT2D eigenvalue weighted by atomic mass is 35.5. The van der Waals surface area contributed by atoms with E-state index in [1.54, 1.807) is 0 Å². The Labute approximate surface area is 100 Å². The first-order chi connectivity index (χ1) is 7.99. The van der Waals surface area contributed by atoms with Crippen molar-refractivity contribution in [2.45, 2.75) is 0 Å². The van der Waals surface area contributed by atoms with Gasteiger partial charge in [0.1, 0.15) is 11.6 Å². The van der Waals surface area contributed by atoms with Crippen LogP contribution >= 0.6 is 11.6 Å². The van der Waals surface area contributed by atoms with Gasteiger partial charge in [-0.3, -0.25) is 0 Å². The summed E-state index contributed by atoms with van der Waals surface area (Å²) in [5.41, 5.74) is -0.238.